The largest absolute Gasteiger partial charge is 0.321 e. The second-order valence-corrected chi connectivity index (χ2v) is 5.33. The van der Waals surface area contributed by atoms with Gasteiger partial charge in [0.1, 0.15) is 17.4 Å². The van der Waals surface area contributed by atoms with Crippen LogP contribution < -0.4 is 0 Å². The van der Waals surface area contributed by atoms with Gasteiger partial charge in [0.05, 0.1) is 17.0 Å². The maximum atomic E-state index is 9.25. The molecule has 1 aromatic carbocycles. The van der Waals surface area contributed by atoms with Crippen molar-refractivity contribution in [3.05, 3.63) is 29.6 Å². The van der Waals surface area contributed by atoms with Gasteiger partial charge in [0, 0.05) is 5.54 Å². The van der Waals surface area contributed by atoms with Crippen molar-refractivity contribution < 1.29 is 0 Å². The van der Waals surface area contributed by atoms with Crippen LogP contribution in [0.5, 0.6) is 0 Å². The normalized spacial score (nSPS) is 11.8. The molecule has 0 spiro atoms. The number of aromatic nitrogens is 2. The van der Waals surface area contributed by atoms with Crippen molar-refractivity contribution in [3.63, 3.8) is 0 Å². The summed E-state index contributed by atoms with van der Waals surface area (Å²) < 4.78 is 2.26. The molecule has 1 aromatic heterocycles. The molecule has 1 heterocycles. The summed E-state index contributed by atoms with van der Waals surface area (Å²) in [4.78, 5) is 4.62. The number of hydrogen-bond donors (Lipinski definition) is 0. The number of benzene rings is 1. The van der Waals surface area contributed by atoms with E-state index in [4.69, 9.17) is 11.6 Å². The zero-order chi connectivity index (χ0) is 14.8. The molecule has 106 valence electrons. The number of rotatable bonds is 5. The van der Waals surface area contributed by atoms with Gasteiger partial charge in [0.2, 0.25) is 0 Å². The minimum absolute atomic E-state index is 0.0209. The average molecular weight is 290 g/mol. The first-order valence-corrected chi connectivity index (χ1v) is 7.67. The first kappa shape index (κ1) is 14.9. The summed E-state index contributed by atoms with van der Waals surface area (Å²) >= 11 is 6.11. The molecule has 2 rings (SSSR count). The number of alkyl halides is 1. The smallest absolute Gasteiger partial charge is 0.125 e. The Morgan fingerprint density at radius 1 is 1.25 bits per heavy atom. The Kier molecular flexibility index (Phi) is 4.35. The maximum Gasteiger partial charge on any atom is 0.125 e. The number of fused-ring (bicyclic) bond motifs is 1. The van der Waals surface area contributed by atoms with E-state index in [0.29, 0.717) is 11.4 Å². The highest BCUT2D eigenvalue weighted by molar-refractivity contribution is 6.16. The number of para-hydroxylation sites is 1. The second kappa shape index (κ2) is 5.85. The molecule has 0 unspecified atom stereocenters. The van der Waals surface area contributed by atoms with Crippen LogP contribution >= 0.6 is 11.6 Å². The highest BCUT2D eigenvalue weighted by atomic mass is 35.5. The second-order valence-electron chi connectivity index (χ2n) is 5.07. The molecule has 0 aliphatic heterocycles. The Morgan fingerprint density at radius 3 is 2.40 bits per heavy atom. The van der Waals surface area contributed by atoms with Crippen molar-refractivity contribution >= 4 is 22.6 Å². The van der Waals surface area contributed by atoms with Gasteiger partial charge in [-0.2, -0.15) is 5.26 Å². The molecule has 0 radical (unpaired) electrons. The zero-order valence-corrected chi connectivity index (χ0v) is 13.0. The van der Waals surface area contributed by atoms with Gasteiger partial charge in [0.15, 0.2) is 0 Å². The van der Waals surface area contributed by atoms with E-state index < -0.39 is 0 Å². The van der Waals surface area contributed by atoms with Crippen LogP contribution in [0, 0.1) is 11.3 Å². The molecule has 3 nitrogen and oxygen atoms in total. The van der Waals surface area contributed by atoms with Gasteiger partial charge in [0.25, 0.3) is 0 Å². The predicted molar refractivity (Wildman–Crippen MR) is 82.9 cm³/mol. The van der Waals surface area contributed by atoms with Gasteiger partial charge >= 0.3 is 0 Å². The van der Waals surface area contributed by atoms with E-state index in [0.717, 1.165) is 36.1 Å². The van der Waals surface area contributed by atoms with Crippen molar-refractivity contribution in [1.82, 2.24) is 9.55 Å². The summed E-state index contributed by atoms with van der Waals surface area (Å²) in [5, 5.41) is 9.25. The van der Waals surface area contributed by atoms with Gasteiger partial charge in [-0.3, -0.25) is 0 Å². The van der Waals surface area contributed by atoms with E-state index >= 15 is 0 Å². The standard InChI is InChI=1S/C16H20ClN3/c1-4-16(5-2,6-3)20-13-9-7-8-12(11-18)15(13)19-14(20)10-17/h7-9H,4-6,10H2,1-3H3. The zero-order valence-electron chi connectivity index (χ0n) is 12.3. The lowest BCUT2D eigenvalue weighted by Crippen LogP contribution is -2.32. The Labute approximate surface area is 125 Å². The molecule has 0 atom stereocenters. The molecule has 0 fully saturated rings. The number of imidazole rings is 1. The molecule has 0 saturated carbocycles. The van der Waals surface area contributed by atoms with Crippen molar-refractivity contribution in [1.29, 1.82) is 5.26 Å². The van der Waals surface area contributed by atoms with Crippen molar-refractivity contribution in [3.8, 4) is 6.07 Å². The minimum atomic E-state index is 0.0209. The van der Waals surface area contributed by atoms with E-state index in [1.807, 2.05) is 18.2 Å². The van der Waals surface area contributed by atoms with Gasteiger partial charge in [-0.1, -0.05) is 26.8 Å². The molecule has 0 aliphatic rings. The first-order valence-electron chi connectivity index (χ1n) is 7.14. The van der Waals surface area contributed by atoms with Gasteiger partial charge in [-0.15, -0.1) is 11.6 Å². The number of halogens is 1. The third-order valence-corrected chi connectivity index (χ3v) is 4.68. The molecule has 0 bridgehead atoms. The molecule has 20 heavy (non-hydrogen) atoms. The fourth-order valence-corrected chi connectivity index (χ4v) is 3.26. The fourth-order valence-electron chi connectivity index (χ4n) is 3.08. The van der Waals surface area contributed by atoms with Crippen LogP contribution in [0.1, 0.15) is 51.4 Å². The van der Waals surface area contributed by atoms with Crippen LogP contribution in [-0.2, 0) is 11.4 Å². The average Bonchev–Trinajstić information content (AvgIpc) is 2.89. The summed E-state index contributed by atoms with van der Waals surface area (Å²) in [6.07, 6.45) is 3.06. The molecule has 4 heteroatoms. The predicted octanol–water partition coefficient (Wildman–Crippen LogP) is 4.57. The number of nitrogens with zero attached hydrogens (tertiary/aromatic N) is 3. The lowest BCUT2D eigenvalue weighted by atomic mass is 9.89. The van der Waals surface area contributed by atoms with E-state index in [-0.39, 0.29) is 5.54 Å². The Morgan fingerprint density at radius 2 is 1.90 bits per heavy atom. The molecule has 0 N–H and O–H groups in total. The Bertz CT molecular complexity index is 639. The lowest BCUT2D eigenvalue weighted by Gasteiger charge is -2.34. The van der Waals surface area contributed by atoms with Crippen LogP contribution in [0.3, 0.4) is 0 Å². The SMILES string of the molecule is CCC(CC)(CC)n1c(CCl)nc2c(C#N)cccc21. The van der Waals surface area contributed by atoms with Gasteiger partial charge < -0.3 is 4.57 Å². The van der Waals surface area contributed by atoms with E-state index in [2.05, 4.69) is 36.4 Å². The lowest BCUT2D eigenvalue weighted by molar-refractivity contribution is 0.253. The summed E-state index contributed by atoms with van der Waals surface area (Å²) in [5.74, 6) is 1.22. The van der Waals surface area contributed by atoms with Crippen LogP contribution in [0.4, 0.5) is 0 Å². The van der Waals surface area contributed by atoms with E-state index in [1.165, 1.54) is 0 Å². The minimum Gasteiger partial charge on any atom is -0.321 e. The summed E-state index contributed by atoms with van der Waals surface area (Å²) in [5.41, 5.74) is 2.42. The molecule has 2 aromatic rings. The van der Waals surface area contributed by atoms with Gasteiger partial charge in [-0.25, -0.2) is 4.98 Å². The first-order chi connectivity index (χ1) is 9.67. The number of hydrogen-bond acceptors (Lipinski definition) is 2. The van der Waals surface area contributed by atoms with Crippen molar-refractivity contribution in [2.45, 2.75) is 51.5 Å². The quantitative estimate of drug-likeness (QED) is 0.757. The van der Waals surface area contributed by atoms with Crippen LogP contribution in [0.2, 0.25) is 0 Å². The van der Waals surface area contributed by atoms with Crippen LogP contribution in [0.15, 0.2) is 18.2 Å². The number of nitriles is 1. The Hall–Kier alpha value is -1.53. The Balaban J connectivity index is 2.84. The fraction of sp³-hybridized carbons (Fsp3) is 0.500. The van der Waals surface area contributed by atoms with Crippen molar-refractivity contribution in [2.75, 3.05) is 0 Å². The summed E-state index contributed by atoms with van der Waals surface area (Å²) in [6, 6.07) is 7.99. The molecule has 0 saturated heterocycles. The van der Waals surface area contributed by atoms with Crippen molar-refractivity contribution in [2.24, 2.45) is 0 Å². The van der Waals surface area contributed by atoms with E-state index in [9.17, 15) is 5.26 Å². The van der Waals surface area contributed by atoms with Crippen LogP contribution in [-0.4, -0.2) is 9.55 Å². The monoisotopic (exact) mass is 289 g/mol. The molecular weight excluding hydrogens is 270 g/mol. The summed E-state index contributed by atoms with van der Waals surface area (Å²) in [7, 11) is 0. The molecule has 0 aliphatic carbocycles. The van der Waals surface area contributed by atoms with Crippen LogP contribution in [0.25, 0.3) is 11.0 Å². The third-order valence-electron chi connectivity index (χ3n) is 4.44. The van der Waals surface area contributed by atoms with Gasteiger partial charge in [-0.05, 0) is 31.4 Å². The topological polar surface area (TPSA) is 41.6 Å². The van der Waals surface area contributed by atoms with E-state index in [1.54, 1.807) is 0 Å². The highest BCUT2D eigenvalue weighted by Crippen LogP contribution is 2.35. The maximum absolute atomic E-state index is 9.25. The third kappa shape index (κ3) is 2.09. The molecule has 0 amide bonds. The summed E-state index contributed by atoms with van der Waals surface area (Å²) in [6.45, 7) is 6.60. The molecular formula is C16H20ClN3. The highest BCUT2D eigenvalue weighted by Gasteiger charge is 2.30.